The fourth-order valence-electron chi connectivity index (χ4n) is 2.81. The number of aromatic nitrogens is 2. The highest BCUT2D eigenvalue weighted by molar-refractivity contribution is 7.13. The number of nitrogens with zero attached hydrogens (tertiary/aromatic N) is 3. The summed E-state index contributed by atoms with van der Waals surface area (Å²) in [5, 5.41) is 2.70. The van der Waals surface area contributed by atoms with Crippen LogP contribution < -0.4 is 9.54 Å². The molecule has 0 fully saturated rings. The van der Waals surface area contributed by atoms with E-state index in [2.05, 4.69) is 40.7 Å². The Balaban J connectivity index is 1.97. The van der Waals surface area contributed by atoms with E-state index < -0.39 is 0 Å². The van der Waals surface area contributed by atoms with Crippen LogP contribution in [0.3, 0.4) is 0 Å². The molecule has 26 heavy (non-hydrogen) atoms. The van der Waals surface area contributed by atoms with Crippen LogP contribution in [0.2, 0.25) is 0 Å². The second-order valence-electron chi connectivity index (χ2n) is 5.62. The molecule has 2 aromatic carbocycles. The van der Waals surface area contributed by atoms with Crippen LogP contribution in [0, 0.1) is 6.92 Å². The molecule has 0 saturated heterocycles. The Kier molecular flexibility index (Phi) is 4.69. The Morgan fingerprint density at radius 1 is 1.04 bits per heavy atom. The van der Waals surface area contributed by atoms with Crippen molar-refractivity contribution >= 4 is 27.8 Å². The lowest BCUT2D eigenvalue weighted by Gasteiger charge is -2.11. The smallest absolute Gasteiger partial charge is 0.211 e. The van der Waals surface area contributed by atoms with E-state index >= 15 is 0 Å². The number of hydrogen-bond donors (Lipinski definition) is 0. The summed E-state index contributed by atoms with van der Waals surface area (Å²) in [4.78, 5) is 11.2. The minimum atomic E-state index is 0.761. The molecule has 0 amide bonds. The van der Waals surface area contributed by atoms with Crippen LogP contribution in [0.15, 0.2) is 71.2 Å². The Bertz CT molecular complexity index is 1060. The topological polar surface area (TPSA) is 39.4 Å². The molecular weight excluding hydrogens is 362 g/mol. The molecule has 0 spiro atoms. The summed E-state index contributed by atoms with van der Waals surface area (Å²) in [5.41, 5.74) is 3.35. The average Bonchev–Trinajstić information content (AvgIpc) is 3.30. The molecule has 0 aliphatic rings. The Morgan fingerprint density at radius 3 is 2.46 bits per heavy atom. The summed E-state index contributed by atoms with van der Waals surface area (Å²) in [6.07, 6.45) is 1.78. The lowest BCUT2D eigenvalue weighted by molar-refractivity contribution is 0.415. The normalized spacial score (nSPS) is 11.7. The van der Waals surface area contributed by atoms with E-state index in [-0.39, 0.29) is 0 Å². The molecule has 0 saturated carbocycles. The van der Waals surface area contributed by atoms with E-state index in [1.165, 1.54) is 16.2 Å². The Hall–Kier alpha value is -2.70. The summed E-state index contributed by atoms with van der Waals surface area (Å²) < 4.78 is 7.49. The van der Waals surface area contributed by atoms with Gasteiger partial charge in [-0.1, -0.05) is 18.2 Å². The molecule has 0 atom stereocenters. The summed E-state index contributed by atoms with van der Waals surface area (Å²) in [7, 11) is 1.68. The third-order valence-electron chi connectivity index (χ3n) is 3.98. The van der Waals surface area contributed by atoms with Crippen LogP contribution in [-0.4, -0.2) is 16.7 Å². The first-order chi connectivity index (χ1) is 12.8. The van der Waals surface area contributed by atoms with Gasteiger partial charge in [0, 0.05) is 22.1 Å². The number of rotatable bonds is 4. The van der Waals surface area contributed by atoms with Gasteiger partial charge in [0.05, 0.1) is 12.8 Å². The first-order valence-electron chi connectivity index (χ1n) is 8.13. The van der Waals surface area contributed by atoms with E-state index in [0.717, 1.165) is 32.6 Å². The third-order valence-corrected chi connectivity index (χ3v) is 5.60. The predicted octanol–water partition coefficient (Wildman–Crippen LogP) is 5.21. The summed E-state index contributed by atoms with van der Waals surface area (Å²) >= 11 is 3.21. The van der Waals surface area contributed by atoms with Crippen LogP contribution in [0.5, 0.6) is 5.75 Å². The molecule has 2 aromatic heterocycles. The molecule has 0 N–H and O–H groups in total. The van der Waals surface area contributed by atoms with Gasteiger partial charge in [0.2, 0.25) is 5.13 Å². The van der Waals surface area contributed by atoms with Crippen molar-refractivity contribution in [1.29, 1.82) is 0 Å². The standard InChI is InChI=1S/C20H17N3OS2/c1-14-18(15-8-10-17(24-2)11-9-15)23(16-6-4-3-5-7-16)20(26-14)22-19-21-12-13-25-19/h3-13H,1-2H3. The fourth-order valence-corrected chi connectivity index (χ4v) is 4.37. The van der Waals surface area contributed by atoms with Gasteiger partial charge in [0.15, 0.2) is 4.80 Å². The molecule has 4 nitrogen and oxygen atoms in total. The minimum absolute atomic E-state index is 0.761. The first kappa shape index (κ1) is 16.8. The van der Waals surface area contributed by atoms with E-state index in [4.69, 9.17) is 9.73 Å². The molecule has 0 bridgehead atoms. The van der Waals surface area contributed by atoms with Gasteiger partial charge in [-0.25, -0.2) is 4.98 Å². The van der Waals surface area contributed by atoms with Gasteiger partial charge in [-0.2, -0.15) is 4.99 Å². The maximum Gasteiger partial charge on any atom is 0.211 e. The molecule has 130 valence electrons. The highest BCUT2D eigenvalue weighted by Gasteiger charge is 2.15. The molecule has 4 aromatic rings. The second kappa shape index (κ2) is 7.27. The first-order valence-corrected chi connectivity index (χ1v) is 9.82. The molecule has 0 radical (unpaired) electrons. The Morgan fingerprint density at radius 2 is 1.81 bits per heavy atom. The number of para-hydroxylation sites is 1. The SMILES string of the molecule is COc1ccc(-c2c(C)sc(=Nc3nccs3)n2-c2ccccc2)cc1. The Labute approximate surface area is 159 Å². The predicted molar refractivity (Wildman–Crippen MR) is 108 cm³/mol. The van der Waals surface area contributed by atoms with E-state index in [9.17, 15) is 0 Å². The quantitative estimate of drug-likeness (QED) is 0.488. The van der Waals surface area contributed by atoms with Crippen LogP contribution in [0.4, 0.5) is 5.13 Å². The van der Waals surface area contributed by atoms with Gasteiger partial charge in [-0.05, 0) is 48.9 Å². The molecule has 2 heterocycles. The maximum absolute atomic E-state index is 5.30. The van der Waals surface area contributed by atoms with Gasteiger partial charge in [-0.15, -0.1) is 22.7 Å². The largest absolute Gasteiger partial charge is 0.497 e. The van der Waals surface area contributed by atoms with Crippen molar-refractivity contribution in [2.45, 2.75) is 6.92 Å². The molecule has 4 rings (SSSR count). The van der Waals surface area contributed by atoms with Crippen molar-refractivity contribution in [2.75, 3.05) is 7.11 Å². The molecule has 0 aliphatic carbocycles. The zero-order valence-corrected chi connectivity index (χ0v) is 16.1. The second-order valence-corrected chi connectivity index (χ2v) is 7.67. The molecule has 0 unspecified atom stereocenters. The van der Waals surface area contributed by atoms with Gasteiger partial charge in [0.1, 0.15) is 5.75 Å². The van der Waals surface area contributed by atoms with Crippen LogP contribution in [0.25, 0.3) is 16.9 Å². The van der Waals surface area contributed by atoms with Crippen LogP contribution in [0.1, 0.15) is 4.88 Å². The van der Waals surface area contributed by atoms with Crippen LogP contribution >= 0.6 is 22.7 Å². The zero-order chi connectivity index (χ0) is 17.9. The zero-order valence-electron chi connectivity index (χ0n) is 14.4. The minimum Gasteiger partial charge on any atom is -0.497 e. The monoisotopic (exact) mass is 379 g/mol. The van der Waals surface area contributed by atoms with E-state index in [0.29, 0.717) is 0 Å². The van der Waals surface area contributed by atoms with Gasteiger partial charge in [0.25, 0.3) is 0 Å². The lowest BCUT2D eigenvalue weighted by atomic mass is 10.1. The highest BCUT2D eigenvalue weighted by Crippen LogP contribution is 2.30. The number of aryl methyl sites for hydroxylation is 1. The van der Waals surface area contributed by atoms with Crippen molar-refractivity contribution in [3.8, 4) is 22.7 Å². The molecule has 0 aliphatic heterocycles. The van der Waals surface area contributed by atoms with E-state index in [1.54, 1.807) is 24.6 Å². The maximum atomic E-state index is 5.30. The van der Waals surface area contributed by atoms with Crippen molar-refractivity contribution in [3.63, 3.8) is 0 Å². The molecular formula is C20H17N3OS2. The summed E-state index contributed by atoms with van der Waals surface area (Å²) in [5.74, 6) is 0.848. The van der Waals surface area contributed by atoms with Gasteiger partial charge < -0.3 is 4.74 Å². The summed E-state index contributed by atoms with van der Waals surface area (Å²) in [6, 6.07) is 18.4. The highest BCUT2D eigenvalue weighted by atomic mass is 32.1. The lowest BCUT2D eigenvalue weighted by Crippen LogP contribution is -2.13. The van der Waals surface area contributed by atoms with Gasteiger partial charge >= 0.3 is 0 Å². The fraction of sp³-hybridized carbons (Fsp3) is 0.100. The van der Waals surface area contributed by atoms with Crippen LogP contribution in [-0.2, 0) is 0 Å². The van der Waals surface area contributed by atoms with Crippen molar-refractivity contribution in [3.05, 3.63) is 75.9 Å². The number of hydrogen-bond acceptors (Lipinski definition) is 5. The number of methoxy groups -OCH3 is 1. The van der Waals surface area contributed by atoms with E-state index in [1.807, 2.05) is 35.7 Å². The number of benzene rings is 2. The summed E-state index contributed by atoms with van der Waals surface area (Å²) in [6.45, 7) is 2.13. The molecule has 6 heteroatoms. The van der Waals surface area contributed by atoms with Crippen molar-refractivity contribution in [2.24, 2.45) is 4.99 Å². The third kappa shape index (κ3) is 3.21. The number of ether oxygens (including phenoxy) is 1. The number of thiazole rings is 2. The van der Waals surface area contributed by atoms with Gasteiger partial charge in [-0.3, -0.25) is 4.57 Å². The average molecular weight is 380 g/mol. The van der Waals surface area contributed by atoms with Crippen molar-refractivity contribution in [1.82, 2.24) is 9.55 Å². The van der Waals surface area contributed by atoms with Crippen molar-refractivity contribution < 1.29 is 4.74 Å².